The van der Waals surface area contributed by atoms with Gasteiger partial charge < -0.3 is 14.2 Å². The van der Waals surface area contributed by atoms with Crippen LogP contribution in [-0.4, -0.2) is 54.7 Å². The van der Waals surface area contributed by atoms with E-state index in [0.29, 0.717) is 31.0 Å². The molecule has 3 rings (SSSR count). The van der Waals surface area contributed by atoms with Crippen LogP contribution in [0.3, 0.4) is 0 Å². The molecule has 0 radical (unpaired) electrons. The maximum Gasteiger partial charge on any atom is 0.254 e. The third kappa shape index (κ3) is 4.23. The number of ether oxygens (including phenoxy) is 1. The van der Waals surface area contributed by atoms with Gasteiger partial charge in [0.25, 0.3) is 5.91 Å². The summed E-state index contributed by atoms with van der Waals surface area (Å²) in [6.07, 6.45) is 4.48. The molecule has 1 aromatic heterocycles. The van der Waals surface area contributed by atoms with Crippen molar-refractivity contribution in [3.63, 3.8) is 0 Å². The van der Waals surface area contributed by atoms with Gasteiger partial charge in [-0.05, 0) is 25.1 Å². The van der Waals surface area contributed by atoms with Gasteiger partial charge in [0.05, 0.1) is 37.5 Å². The van der Waals surface area contributed by atoms with Crippen LogP contribution >= 0.6 is 0 Å². The predicted molar refractivity (Wildman–Crippen MR) is 96.5 cm³/mol. The smallest absolute Gasteiger partial charge is 0.254 e. The highest BCUT2D eigenvalue weighted by Crippen LogP contribution is 2.23. The Morgan fingerprint density at radius 2 is 2.23 bits per heavy atom. The summed E-state index contributed by atoms with van der Waals surface area (Å²) in [6, 6.07) is 6.86. The number of carbonyl (C=O) groups is 1. The molecule has 2 heterocycles. The number of hydrogen-bond acceptors (Lipinski definition) is 5. The first-order valence-electron chi connectivity index (χ1n) is 8.35. The minimum absolute atomic E-state index is 0.122. The second kappa shape index (κ2) is 7.46. The standard InChI is InChI=1S/C17H22N4O4S/c1-3-25-16-6-4-5-13(7-16)17(22)20-10-14-8-18-12-21(14)15(11-20)9-19-26(2,23)24/h4-8,12,15,19H,3,9-11H2,1-2H3/t15-/m1/s1. The van der Waals surface area contributed by atoms with E-state index in [1.54, 1.807) is 35.6 Å². The summed E-state index contributed by atoms with van der Waals surface area (Å²) < 4.78 is 32.8. The van der Waals surface area contributed by atoms with Crippen LogP contribution in [-0.2, 0) is 16.6 Å². The highest BCUT2D eigenvalue weighted by Gasteiger charge is 2.29. The molecule has 0 unspecified atom stereocenters. The molecule has 2 aromatic rings. The Morgan fingerprint density at radius 3 is 2.96 bits per heavy atom. The van der Waals surface area contributed by atoms with Crippen LogP contribution in [0.1, 0.15) is 29.0 Å². The van der Waals surface area contributed by atoms with Crippen LogP contribution in [0.2, 0.25) is 0 Å². The van der Waals surface area contributed by atoms with Crippen molar-refractivity contribution in [2.24, 2.45) is 0 Å². The Morgan fingerprint density at radius 1 is 1.42 bits per heavy atom. The number of sulfonamides is 1. The number of amides is 1. The summed E-state index contributed by atoms with van der Waals surface area (Å²) in [7, 11) is -3.31. The number of fused-ring (bicyclic) bond motifs is 1. The largest absolute Gasteiger partial charge is 0.494 e. The maximum atomic E-state index is 12.9. The zero-order valence-electron chi connectivity index (χ0n) is 14.8. The van der Waals surface area contributed by atoms with E-state index >= 15 is 0 Å². The van der Waals surface area contributed by atoms with Crippen molar-refractivity contribution >= 4 is 15.9 Å². The van der Waals surface area contributed by atoms with Gasteiger partial charge in [-0.2, -0.15) is 0 Å². The lowest BCUT2D eigenvalue weighted by molar-refractivity contribution is 0.0680. The Labute approximate surface area is 152 Å². The van der Waals surface area contributed by atoms with Gasteiger partial charge in [-0.15, -0.1) is 0 Å². The fraction of sp³-hybridized carbons (Fsp3) is 0.412. The van der Waals surface area contributed by atoms with Gasteiger partial charge >= 0.3 is 0 Å². The van der Waals surface area contributed by atoms with Crippen molar-refractivity contribution in [3.05, 3.63) is 48.0 Å². The zero-order chi connectivity index (χ0) is 18.7. The molecule has 1 aliphatic heterocycles. The molecule has 0 saturated heterocycles. The fourth-order valence-corrected chi connectivity index (χ4v) is 3.51. The van der Waals surface area contributed by atoms with Crippen LogP contribution in [0.5, 0.6) is 5.75 Å². The van der Waals surface area contributed by atoms with Crippen molar-refractivity contribution in [2.45, 2.75) is 19.5 Å². The van der Waals surface area contributed by atoms with Crippen LogP contribution in [0.4, 0.5) is 0 Å². The molecule has 26 heavy (non-hydrogen) atoms. The second-order valence-corrected chi connectivity index (χ2v) is 8.05. The van der Waals surface area contributed by atoms with E-state index in [1.807, 2.05) is 17.6 Å². The summed E-state index contributed by atoms with van der Waals surface area (Å²) in [5.74, 6) is 0.527. The topological polar surface area (TPSA) is 93.5 Å². The molecule has 0 aliphatic carbocycles. The van der Waals surface area contributed by atoms with Gasteiger partial charge in [0.1, 0.15) is 5.75 Å². The molecule has 1 atom stereocenters. The molecule has 9 heteroatoms. The van der Waals surface area contributed by atoms with Crippen molar-refractivity contribution in [2.75, 3.05) is 26.0 Å². The van der Waals surface area contributed by atoms with Crippen LogP contribution in [0.15, 0.2) is 36.8 Å². The van der Waals surface area contributed by atoms with Crippen molar-refractivity contribution in [3.8, 4) is 5.75 Å². The van der Waals surface area contributed by atoms with Gasteiger partial charge in [0.15, 0.2) is 0 Å². The predicted octanol–water partition coefficient (Wildman–Crippen LogP) is 1.03. The molecule has 0 bridgehead atoms. The molecule has 1 aromatic carbocycles. The van der Waals surface area contributed by atoms with Crippen molar-refractivity contribution < 1.29 is 17.9 Å². The van der Waals surface area contributed by atoms with Crippen LogP contribution in [0, 0.1) is 0 Å². The normalized spacial score (nSPS) is 17.0. The number of benzene rings is 1. The fourth-order valence-electron chi connectivity index (χ4n) is 3.02. The molecular weight excluding hydrogens is 356 g/mol. The number of nitrogens with one attached hydrogen (secondary N) is 1. The average Bonchev–Trinajstić information content (AvgIpc) is 3.07. The Bertz CT molecular complexity index is 894. The monoisotopic (exact) mass is 378 g/mol. The Kier molecular flexibility index (Phi) is 5.28. The van der Waals surface area contributed by atoms with Gasteiger partial charge in [-0.1, -0.05) is 6.07 Å². The molecule has 1 aliphatic rings. The Hall–Kier alpha value is -2.39. The summed E-state index contributed by atoms with van der Waals surface area (Å²) in [5, 5.41) is 0. The number of aromatic nitrogens is 2. The molecule has 0 spiro atoms. The minimum atomic E-state index is -3.31. The second-order valence-electron chi connectivity index (χ2n) is 6.21. The molecule has 0 saturated carbocycles. The molecular formula is C17H22N4O4S. The number of imidazole rings is 1. The van der Waals surface area contributed by atoms with Crippen molar-refractivity contribution in [1.29, 1.82) is 0 Å². The number of carbonyl (C=O) groups excluding carboxylic acids is 1. The summed E-state index contributed by atoms with van der Waals surface area (Å²) in [4.78, 5) is 18.8. The highest BCUT2D eigenvalue weighted by molar-refractivity contribution is 7.88. The van der Waals surface area contributed by atoms with Gasteiger partial charge in [0, 0.05) is 24.8 Å². The SMILES string of the molecule is CCOc1cccc(C(=O)N2Cc3cncn3[C@H](CNS(C)(=O)=O)C2)c1. The van der Waals surface area contributed by atoms with Gasteiger partial charge in [-0.25, -0.2) is 18.1 Å². The van der Waals surface area contributed by atoms with E-state index in [-0.39, 0.29) is 18.5 Å². The van der Waals surface area contributed by atoms with E-state index in [1.165, 1.54) is 0 Å². The molecule has 140 valence electrons. The van der Waals surface area contributed by atoms with E-state index < -0.39 is 10.0 Å². The summed E-state index contributed by atoms with van der Waals surface area (Å²) in [5.41, 5.74) is 1.41. The molecule has 1 N–H and O–H groups in total. The van der Waals surface area contributed by atoms with Crippen LogP contribution < -0.4 is 9.46 Å². The summed E-state index contributed by atoms with van der Waals surface area (Å²) >= 11 is 0. The maximum absolute atomic E-state index is 12.9. The summed E-state index contributed by atoms with van der Waals surface area (Å²) in [6.45, 7) is 3.43. The number of nitrogens with zero attached hydrogens (tertiary/aromatic N) is 3. The first-order valence-corrected chi connectivity index (χ1v) is 10.2. The number of hydrogen-bond donors (Lipinski definition) is 1. The third-order valence-corrected chi connectivity index (χ3v) is 4.88. The first kappa shape index (κ1) is 18.4. The Balaban J connectivity index is 1.80. The zero-order valence-corrected chi connectivity index (χ0v) is 15.6. The quantitative estimate of drug-likeness (QED) is 0.810. The molecule has 8 nitrogen and oxygen atoms in total. The average molecular weight is 378 g/mol. The molecule has 0 fully saturated rings. The van der Waals surface area contributed by atoms with E-state index in [4.69, 9.17) is 4.74 Å². The van der Waals surface area contributed by atoms with E-state index in [9.17, 15) is 13.2 Å². The lowest BCUT2D eigenvalue weighted by Crippen LogP contribution is -2.44. The van der Waals surface area contributed by atoms with Crippen molar-refractivity contribution in [1.82, 2.24) is 19.2 Å². The first-order chi connectivity index (χ1) is 12.4. The van der Waals surface area contributed by atoms with E-state index in [2.05, 4.69) is 9.71 Å². The van der Waals surface area contributed by atoms with Gasteiger partial charge in [-0.3, -0.25) is 4.79 Å². The third-order valence-electron chi connectivity index (χ3n) is 4.18. The lowest BCUT2D eigenvalue weighted by Gasteiger charge is -2.34. The van der Waals surface area contributed by atoms with Crippen LogP contribution in [0.25, 0.3) is 0 Å². The van der Waals surface area contributed by atoms with Gasteiger partial charge in [0.2, 0.25) is 10.0 Å². The van der Waals surface area contributed by atoms with E-state index in [0.717, 1.165) is 11.9 Å². The highest BCUT2D eigenvalue weighted by atomic mass is 32.2. The minimum Gasteiger partial charge on any atom is -0.494 e. The number of rotatable bonds is 6. The lowest BCUT2D eigenvalue weighted by atomic mass is 10.1. The molecule has 1 amide bonds.